The molecule has 15 heavy (non-hydrogen) atoms. The van der Waals surface area contributed by atoms with Crippen LogP contribution in [0.25, 0.3) is 0 Å². The van der Waals surface area contributed by atoms with Crippen molar-refractivity contribution in [1.82, 2.24) is 5.32 Å². The molecule has 0 bridgehead atoms. The Morgan fingerprint density at radius 2 is 1.80 bits per heavy atom. The summed E-state index contributed by atoms with van der Waals surface area (Å²) in [7, 11) is 0. The second-order valence-corrected chi connectivity index (χ2v) is 5.69. The van der Waals surface area contributed by atoms with E-state index in [1.165, 1.54) is 19.3 Å². The van der Waals surface area contributed by atoms with Crippen LogP contribution in [0.2, 0.25) is 0 Å². The molecule has 2 rings (SSSR count). The summed E-state index contributed by atoms with van der Waals surface area (Å²) in [5, 5.41) is 13.7. The molecule has 2 fully saturated rings. The molecule has 1 saturated carbocycles. The second kappa shape index (κ2) is 4.40. The van der Waals surface area contributed by atoms with Crippen molar-refractivity contribution in [3.8, 4) is 0 Å². The molecule has 0 spiro atoms. The lowest BCUT2D eigenvalue weighted by molar-refractivity contribution is -0.102. The number of nitrogens with one attached hydrogen (secondary N) is 1. The molecular weight excluding hydrogens is 190 g/mol. The summed E-state index contributed by atoms with van der Waals surface area (Å²) < 4.78 is 5.20. The second-order valence-electron chi connectivity index (χ2n) is 5.69. The van der Waals surface area contributed by atoms with Gasteiger partial charge in [-0.25, -0.2) is 0 Å². The van der Waals surface area contributed by atoms with Crippen molar-refractivity contribution in [2.24, 2.45) is 5.41 Å². The van der Waals surface area contributed by atoms with Crippen LogP contribution < -0.4 is 5.32 Å². The highest BCUT2D eigenvalue weighted by Gasteiger charge is 2.34. The average Bonchev–Trinajstić information content (AvgIpc) is 2.16. The molecule has 0 unspecified atom stereocenters. The molecule has 3 heteroatoms. The van der Waals surface area contributed by atoms with Gasteiger partial charge < -0.3 is 15.2 Å². The lowest BCUT2D eigenvalue weighted by Crippen LogP contribution is -2.51. The normalized spacial score (nSPS) is 28.4. The van der Waals surface area contributed by atoms with Crippen molar-refractivity contribution in [1.29, 1.82) is 0 Å². The van der Waals surface area contributed by atoms with E-state index >= 15 is 0 Å². The molecule has 0 aromatic rings. The van der Waals surface area contributed by atoms with E-state index in [1.54, 1.807) is 0 Å². The molecule has 0 radical (unpaired) electrons. The molecule has 3 nitrogen and oxygen atoms in total. The summed E-state index contributed by atoms with van der Waals surface area (Å²) in [5.74, 6) is 0. The van der Waals surface area contributed by atoms with Crippen molar-refractivity contribution in [3.05, 3.63) is 0 Å². The largest absolute Gasteiger partial charge is 0.389 e. The Kier molecular flexibility index (Phi) is 3.33. The third-order valence-corrected chi connectivity index (χ3v) is 3.69. The molecule has 1 saturated heterocycles. The number of hydrogen-bond acceptors (Lipinski definition) is 3. The quantitative estimate of drug-likeness (QED) is 0.740. The summed E-state index contributed by atoms with van der Waals surface area (Å²) in [6, 6.07) is 0. The minimum absolute atomic E-state index is 0.311. The van der Waals surface area contributed by atoms with Crippen LogP contribution in [0.4, 0.5) is 0 Å². The van der Waals surface area contributed by atoms with Crippen LogP contribution in [0.15, 0.2) is 0 Å². The van der Waals surface area contributed by atoms with Crippen LogP contribution in [0.5, 0.6) is 0 Å². The highest BCUT2D eigenvalue weighted by Crippen LogP contribution is 2.28. The average molecular weight is 213 g/mol. The minimum Gasteiger partial charge on any atom is -0.389 e. The van der Waals surface area contributed by atoms with Gasteiger partial charge >= 0.3 is 0 Å². The zero-order valence-corrected chi connectivity index (χ0v) is 9.72. The Morgan fingerprint density at radius 1 is 1.13 bits per heavy atom. The Morgan fingerprint density at radius 3 is 2.33 bits per heavy atom. The highest BCUT2D eigenvalue weighted by atomic mass is 16.5. The maximum atomic E-state index is 10.3. The Hall–Kier alpha value is -0.120. The molecular formula is C12H23NO2. The van der Waals surface area contributed by atoms with Gasteiger partial charge in [0.1, 0.15) is 0 Å². The van der Waals surface area contributed by atoms with Crippen LogP contribution in [0, 0.1) is 5.41 Å². The molecule has 0 amide bonds. The van der Waals surface area contributed by atoms with Gasteiger partial charge in [0.15, 0.2) is 0 Å². The summed E-state index contributed by atoms with van der Waals surface area (Å²) in [6.45, 7) is 5.67. The molecule has 1 heterocycles. The number of rotatable bonds is 4. The SMILES string of the molecule is CC1(CNCC2(O)CCCCC2)COC1. The zero-order chi connectivity index (χ0) is 10.8. The fourth-order valence-electron chi connectivity index (χ4n) is 2.54. The van der Waals surface area contributed by atoms with E-state index in [4.69, 9.17) is 4.74 Å². The zero-order valence-electron chi connectivity index (χ0n) is 9.72. The predicted molar refractivity (Wildman–Crippen MR) is 59.8 cm³/mol. The highest BCUT2D eigenvalue weighted by molar-refractivity contribution is 4.88. The first kappa shape index (κ1) is 11.4. The van der Waals surface area contributed by atoms with Crippen molar-refractivity contribution in [2.45, 2.75) is 44.6 Å². The fourth-order valence-corrected chi connectivity index (χ4v) is 2.54. The third kappa shape index (κ3) is 2.92. The summed E-state index contributed by atoms with van der Waals surface area (Å²) in [4.78, 5) is 0. The van der Waals surface area contributed by atoms with Crippen LogP contribution in [0.1, 0.15) is 39.0 Å². The first-order chi connectivity index (χ1) is 7.12. The monoisotopic (exact) mass is 213 g/mol. The first-order valence-corrected chi connectivity index (χ1v) is 6.13. The van der Waals surface area contributed by atoms with E-state index in [2.05, 4.69) is 12.2 Å². The molecule has 0 aromatic heterocycles. The molecule has 2 N–H and O–H groups in total. The molecule has 0 aromatic carbocycles. The Balaban J connectivity index is 1.67. The number of hydrogen-bond donors (Lipinski definition) is 2. The fraction of sp³-hybridized carbons (Fsp3) is 1.00. The van der Waals surface area contributed by atoms with E-state index in [1.807, 2.05) is 0 Å². The lowest BCUT2D eigenvalue weighted by atomic mass is 9.84. The number of ether oxygens (including phenoxy) is 1. The van der Waals surface area contributed by atoms with Crippen LogP contribution >= 0.6 is 0 Å². The van der Waals surface area contributed by atoms with Crippen LogP contribution in [-0.4, -0.2) is 37.0 Å². The van der Waals surface area contributed by atoms with Crippen LogP contribution in [-0.2, 0) is 4.74 Å². The topological polar surface area (TPSA) is 41.5 Å². The van der Waals surface area contributed by atoms with Gasteiger partial charge in [-0.3, -0.25) is 0 Å². The van der Waals surface area contributed by atoms with Crippen molar-refractivity contribution < 1.29 is 9.84 Å². The first-order valence-electron chi connectivity index (χ1n) is 6.13. The van der Waals surface area contributed by atoms with Gasteiger partial charge in [0, 0.05) is 18.5 Å². The van der Waals surface area contributed by atoms with Gasteiger partial charge in [0.25, 0.3) is 0 Å². The summed E-state index contributed by atoms with van der Waals surface area (Å²) in [5.41, 5.74) is -0.121. The molecule has 0 atom stereocenters. The van der Waals surface area contributed by atoms with Gasteiger partial charge in [-0.15, -0.1) is 0 Å². The lowest BCUT2D eigenvalue weighted by Gasteiger charge is -2.40. The predicted octanol–water partition coefficient (Wildman–Crippen LogP) is 1.31. The van der Waals surface area contributed by atoms with Gasteiger partial charge in [-0.2, -0.15) is 0 Å². The Bertz CT molecular complexity index is 208. The standard InChI is InChI=1S/C12H23NO2/c1-11(9-15-10-11)7-13-8-12(14)5-3-2-4-6-12/h13-14H,2-10H2,1H3. The summed E-state index contributed by atoms with van der Waals surface area (Å²) >= 11 is 0. The molecule has 1 aliphatic carbocycles. The molecule has 2 aliphatic rings. The smallest absolute Gasteiger partial charge is 0.0771 e. The van der Waals surface area contributed by atoms with E-state index < -0.39 is 5.60 Å². The van der Waals surface area contributed by atoms with Gasteiger partial charge in [-0.1, -0.05) is 26.2 Å². The molecule has 88 valence electrons. The van der Waals surface area contributed by atoms with Gasteiger partial charge in [0.2, 0.25) is 0 Å². The van der Waals surface area contributed by atoms with Crippen molar-refractivity contribution in [3.63, 3.8) is 0 Å². The maximum Gasteiger partial charge on any atom is 0.0771 e. The van der Waals surface area contributed by atoms with Crippen molar-refractivity contribution in [2.75, 3.05) is 26.3 Å². The van der Waals surface area contributed by atoms with E-state index in [0.717, 1.165) is 39.1 Å². The number of aliphatic hydroxyl groups is 1. The van der Waals surface area contributed by atoms with E-state index in [-0.39, 0.29) is 0 Å². The summed E-state index contributed by atoms with van der Waals surface area (Å²) in [6.07, 6.45) is 5.57. The van der Waals surface area contributed by atoms with Gasteiger partial charge in [0.05, 0.1) is 18.8 Å². The van der Waals surface area contributed by atoms with Crippen molar-refractivity contribution >= 4 is 0 Å². The van der Waals surface area contributed by atoms with Gasteiger partial charge in [-0.05, 0) is 12.8 Å². The Labute approximate surface area is 92.2 Å². The van der Waals surface area contributed by atoms with Crippen LogP contribution in [0.3, 0.4) is 0 Å². The van der Waals surface area contributed by atoms with E-state index in [0.29, 0.717) is 5.41 Å². The van der Waals surface area contributed by atoms with E-state index in [9.17, 15) is 5.11 Å². The minimum atomic E-state index is -0.431. The molecule has 1 aliphatic heterocycles. The third-order valence-electron chi connectivity index (χ3n) is 3.69. The maximum absolute atomic E-state index is 10.3.